The van der Waals surface area contributed by atoms with Crippen molar-refractivity contribution in [2.45, 2.75) is 42.9 Å². The van der Waals surface area contributed by atoms with Gasteiger partial charge in [-0.15, -0.1) is 0 Å². The summed E-state index contributed by atoms with van der Waals surface area (Å²) in [7, 11) is 0. The van der Waals surface area contributed by atoms with Crippen LogP contribution in [0.1, 0.15) is 12.8 Å². The van der Waals surface area contributed by atoms with Gasteiger partial charge in [0.15, 0.2) is 6.10 Å². The van der Waals surface area contributed by atoms with E-state index < -0.39 is 61.5 Å². The lowest BCUT2D eigenvalue weighted by Gasteiger charge is -2.50. The van der Waals surface area contributed by atoms with Gasteiger partial charge < -0.3 is 39.7 Å². The maximum absolute atomic E-state index is 11.4. The topological polar surface area (TPSA) is 163 Å². The number of esters is 2. The molecular weight excluding hydrogens is 280 g/mol. The Morgan fingerprint density at radius 3 is 2.20 bits per heavy atom. The van der Waals surface area contributed by atoms with Crippen molar-refractivity contribution in [2.24, 2.45) is 0 Å². The first-order valence-corrected chi connectivity index (χ1v) is 5.77. The predicted octanol–water partition coefficient (Wildman–Crippen LogP) is -3.69. The van der Waals surface area contributed by atoms with Gasteiger partial charge in [-0.3, -0.25) is 9.59 Å². The second kappa shape index (κ2) is 4.91. The molecule has 114 valence electrons. The molecule has 2 fully saturated rings. The molecule has 0 bridgehead atoms. The second-order valence-corrected chi connectivity index (χ2v) is 4.50. The summed E-state index contributed by atoms with van der Waals surface area (Å²) in [5, 5.41) is 48.6. The minimum Gasteiger partial charge on any atom is -0.420 e. The van der Waals surface area contributed by atoms with Crippen LogP contribution < -0.4 is 0 Å². The molecule has 0 unspecified atom stereocenters. The van der Waals surface area contributed by atoms with Crippen LogP contribution in [0.5, 0.6) is 0 Å². The van der Waals surface area contributed by atoms with E-state index in [4.69, 9.17) is 9.84 Å². The van der Waals surface area contributed by atoms with Gasteiger partial charge in [-0.25, -0.2) is 0 Å². The number of ether oxygens (including phenoxy) is 3. The van der Waals surface area contributed by atoms with E-state index in [1.165, 1.54) is 0 Å². The van der Waals surface area contributed by atoms with Crippen LogP contribution in [-0.2, 0) is 23.8 Å². The predicted molar refractivity (Wildman–Crippen MR) is 55.3 cm³/mol. The van der Waals surface area contributed by atoms with Crippen LogP contribution in [0.25, 0.3) is 0 Å². The number of rotatable bonds is 1. The Balaban J connectivity index is 2.43. The van der Waals surface area contributed by atoms with Gasteiger partial charge in [-0.05, 0) is 0 Å². The van der Waals surface area contributed by atoms with E-state index in [-0.39, 0.29) is 0 Å². The fraction of sp³-hybridized carbons (Fsp3) is 0.800. The maximum Gasteiger partial charge on any atom is 0.399 e. The summed E-state index contributed by atoms with van der Waals surface area (Å²) in [6.07, 6.45) is -6.63. The van der Waals surface area contributed by atoms with E-state index >= 15 is 0 Å². The summed E-state index contributed by atoms with van der Waals surface area (Å²) in [5.74, 6) is -8.67. The lowest BCUT2D eigenvalue weighted by molar-refractivity contribution is -0.512. The SMILES string of the molecule is O=C1CCC(=O)O[C@@]2(O)[C@@H](O)[C@H](O)[C@@H](CO)O[C@]2(O)O1. The number of fused-ring (bicyclic) bond motifs is 1. The highest BCUT2D eigenvalue weighted by Crippen LogP contribution is 2.40. The molecule has 2 rings (SSSR count). The zero-order valence-electron chi connectivity index (χ0n) is 10.1. The molecule has 0 aromatic rings. The number of hydrogen-bond donors (Lipinski definition) is 5. The molecule has 0 spiro atoms. The van der Waals surface area contributed by atoms with Crippen molar-refractivity contribution < 1.29 is 49.3 Å². The molecule has 2 saturated heterocycles. The third kappa shape index (κ3) is 2.16. The summed E-state index contributed by atoms with van der Waals surface area (Å²) in [5.41, 5.74) is 0. The van der Waals surface area contributed by atoms with Crippen LogP contribution in [0.15, 0.2) is 0 Å². The van der Waals surface area contributed by atoms with Crippen molar-refractivity contribution in [3.8, 4) is 0 Å². The number of carbonyl (C=O) groups excluding carboxylic acids is 2. The molecule has 5 N–H and O–H groups in total. The molecule has 20 heavy (non-hydrogen) atoms. The van der Waals surface area contributed by atoms with Gasteiger partial charge >= 0.3 is 23.7 Å². The molecule has 0 aliphatic carbocycles. The molecule has 0 amide bonds. The van der Waals surface area contributed by atoms with Crippen LogP contribution in [0, 0.1) is 0 Å². The fourth-order valence-corrected chi connectivity index (χ4v) is 1.98. The first-order chi connectivity index (χ1) is 9.23. The Kier molecular flexibility index (Phi) is 3.71. The number of hydrogen-bond acceptors (Lipinski definition) is 10. The molecule has 10 heteroatoms. The van der Waals surface area contributed by atoms with Crippen molar-refractivity contribution >= 4 is 11.9 Å². The molecule has 5 atom stereocenters. The van der Waals surface area contributed by atoms with E-state index in [1.54, 1.807) is 0 Å². The first kappa shape index (κ1) is 15.1. The molecular formula is C10H14O10. The van der Waals surface area contributed by atoms with Crippen LogP contribution in [0.2, 0.25) is 0 Å². The Bertz CT molecular complexity index is 424. The standard InChI is InChI=1S/C10H14O10/c11-3-4-7(14)8(15)9(16)10(17,18-4)20-6(13)2-1-5(12)19-9/h4,7-8,11,14-17H,1-3H2/t4-,7-,8+,9+,10+/m1/s1. The number of carbonyl (C=O) groups is 2. The molecule has 10 nitrogen and oxygen atoms in total. The minimum absolute atomic E-state index is 0.441. The molecule has 0 radical (unpaired) electrons. The molecule has 2 aliphatic rings. The van der Waals surface area contributed by atoms with Crippen LogP contribution in [-0.4, -0.2) is 74.2 Å². The molecule has 0 saturated carbocycles. The highest BCUT2D eigenvalue weighted by molar-refractivity contribution is 5.78. The Labute approximate surface area is 112 Å². The minimum atomic E-state index is -3.24. The van der Waals surface area contributed by atoms with Crippen molar-refractivity contribution in [3.63, 3.8) is 0 Å². The van der Waals surface area contributed by atoms with E-state index in [0.29, 0.717) is 0 Å². The maximum atomic E-state index is 11.4. The summed E-state index contributed by atoms with van der Waals surface area (Å²) in [6, 6.07) is 0. The smallest absolute Gasteiger partial charge is 0.399 e. The Morgan fingerprint density at radius 2 is 1.65 bits per heavy atom. The van der Waals surface area contributed by atoms with Crippen molar-refractivity contribution in [2.75, 3.05) is 6.61 Å². The zero-order valence-corrected chi connectivity index (χ0v) is 10.1. The second-order valence-electron chi connectivity index (χ2n) is 4.50. The van der Waals surface area contributed by atoms with Gasteiger partial charge in [0.25, 0.3) is 0 Å². The van der Waals surface area contributed by atoms with E-state index in [2.05, 4.69) is 9.47 Å². The fourth-order valence-electron chi connectivity index (χ4n) is 1.98. The van der Waals surface area contributed by atoms with Gasteiger partial charge in [0, 0.05) is 0 Å². The van der Waals surface area contributed by atoms with Crippen molar-refractivity contribution in [1.29, 1.82) is 0 Å². The Hall–Kier alpha value is -1.30. The Morgan fingerprint density at radius 1 is 1.10 bits per heavy atom. The first-order valence-electron chi connectivity index (χ1n) is 5.77. The van der Waals surface area contributed by atoms with Crippen LogP contribution >= 0.6 is 0 Å². The average molecular weight is 294 g/mol. The summed E-state index contributed by atoms with van der Waals surface area (Å²) in [6.45, 7) is -0.859. The van der Waals surface area contributed by atoms with Gasteiger partial charge in [0.2, 0.25) is 0 Å². The number of aliphatic hydroxyl groups excluding tert-OH is 3. The molecule has 2 aliphatic heterocycles. The highest BCUT2D eigenvalue weighted by atomic mass is 16.9. The normalized spacial score (nSPS) is 45.8. The van der Waals surface area contributed by atoms with Gasteiger partial charge in [-0.1, -0.05) is 0 Å². The third-order valence-electron chi connectivity index (χ3n) is 3.10. The summed E-state index contributed by atoms with van der Waals surface area (Å²) in [4.78, 5) is 22.8. The monoisotopic (exact) mass is 294 g/mol. The van der Waals surface area contributed by atoms with Gasteiger partial charge in [0.1, 0.15) is 12.2 Å². The van der Waals surface area contributed by atoms with Crippen molar-refractivity contribution in [3.05, 3.63) is 0 Å². The van der Waals surface area contributed by atoms with E-state index in [1.807, 2.05) is 0 Å². The molecule has 0 aromatic heterocycles. The van der Waals surface area contributed by atoms with Gasteiger partial charge in [-0.2, -0.15) is 0 Å². The van der Waals surface area contributed by atoms with Gasteiger partial charge in [0.05, 0.1) is 19.4 Å². The summed E-state index contributed by atoms with van der Waals surface area (Å²) < 4.78 is 13.6. The van der Waals surface area contributed by atoms with Crippen molar-refractivity contribution in [1.82, 2.24) is 0 Å². The van der Waals surface area contributed by atoms with E-state index in [9.17, 15) is 30.0 Å². The lowest BCUT2D eigenvalue weighted by Crippen LogP contribution is -2.76. The zero-order chi connectivity index (χ0) is 15.1. The lowest BCUT2D eigenvalue weighted by atomic mass is 9.93. The quantitative estimate of drug-likeness (QED) is 0.304. The largest absolute Gasteiger partial charge is 0.420 e. The third-order valence-corrected chi connectivity index (χ3v) is 3.10. The molecule has 0 aromatic carbocycles. The van der Waals surface area contributed by atoms with E-state index in [0.717, 1.165) is 0 Å². The van der Waals surface area contributed by atoms with Crippen LogP contribution in [0.3, 0.4) is 0 Å². The number of aliphatic hydroxyl groups is 5. The summed E-state index contributed by atoms with van der Waals surface area (Å²) >= 11 is 0. The average Bonchev–Trinajstić information content (AvgIpc) is 2.38. The highest BCUT2D eigenvalue weighted by Gasteiger charge is 2.70. The molecule has 2 heterocycles. The van der Waals surface area contributed by atoms with Crippen LogP contribution in [0.4, 0.5) is 0 Å².